The van der Waals surface area contributed by atoms with Crippen molar-refractivity contribution in [1.82, 2.24) is 0 Å². The third-order valence-corrected chi connectivity index (χ3v) is 3.91. The molecule has 0 amide bonds. The molecule has 3 heteroatoms. The molecular formula is C19H19O2S. The SMILES string of the molecule is OCC#CCc1[c]ccc(CSCCOc2ccccc2)c1. The predicted octanol–water partition coefficient (Wildman–Crippen LogP) is 3.34. The zero-order valence-electron chi connectivity index (χ0n) is 12.4. The number of hydrogen-bond donors (Lipinski definition) is 1. The lowest BCUT2D eigenvalue weighted by Crippen LogP contribution is -2.00. The van der Waals surface area contributed by atoms with Gasteiger partial charge in [-0.1, -0.05) is 48.2 Å². The van der Waals surface area contributed by atoms with Gasteiger partial charge in [0.1, 0.15) is 12.4 Å². The summed E-state index contributed by atoms with van der Waals surface area (Å²) in [7, 11) is 0. The number of ether oxygens (including phenoxy) is 1. The molecule has 2 aromatic carbocycles. The van der Waals surface area contributed by atoms with E-state index >= 15 is 0 Å². The van der Waals surface area contributed by atoms with Gasteiger partial charge in [-0.2, -0.15) is 11.8 Å². The molecule has 2 nitrogen and oxygen atoms in total. The Kier molecular flexibility index (Phi) is 7.45. The second kappa shape index (κ2) is 9.94. The Hall–Kier alpha value is -1.89. The number of para-hydroxylation sites is 1. The summed E-state index contributed by atoms with van der Waals surface area (Å²) in [6, 6.07) is 19.2. The van der Waals surface area contributed by atoms with Gasteiger partial charge in [0.05, 0.1) is 6.61 Å². The summed E-state index contributed by atoms with van der Waals surface area (Å²) in [4.78, 5) is 0. The van der Waals surface area contributed by atoms with Crippen molar-refractivity contribution >= 4 is 11.8 Å². The van der Waals surface area contributed by atoms with Crippen molar-refractivity contribution in [2.24, 2.45) is 0 Å². The van der Waals surface area contributed by atoms with Crippen LogP contribution in [0.25, 0.3) is 0 Å². The van der Waals surface area contributed by atoms with Crippen molar-refractivity contribution < 1.29 is 9.84 Å². The molecule has 22 heavy (non-hydrogen) atoms. The second-order valence-electron chi connectivity index (χ2n) is 4.62. The topological polar surface area (TPSA) is 29.5 Å². The molecule has 2 aromatic rings. The fourth-order valence-corrected chi connectivity index (χ4v) is 2.66. The fourth-order valence-electron chi connectivity index (χ4n) is 1.90. The largest absolute Gasteiger partial charge is 0.493 e. The molecular weight excluding hydrogens is 292 g/mol. The summed E-state index contributed by atoms with van der Waals surface area (Å²) in [5.74, 6) is 8.39. The van der Waals surface area contributed by atoms with Gasteiger partial charge in [-0.25, -0.2) is 0 Å². The number of rotatable bonds is 7. The van der Waals surface area contributed by atoms with Gasteiger partial charge in [-0.05, 0) is 29.3 Å². The predicted molar refractivity (Wildman–Crippen MR) is 91.9 cm³/mol. The van der Waals surface area contributed by atoms with Crippen LogP contribution in [0.2, 0.25) is 0 Å². The standard InChI is InChI=1S/C19H19O2S/c20-12-5-4-7-17-8-6-9-18(15-17)16-22-14-13-21-19-10-2-1-3-11-19/h1-3,6,9-11,15,20H,7,12-14,16H2. The molecule has 0 aliphatic heterocycles. The highest BCUT2D eigenvalue weighted by Gasteiger charge is 1.97. The van der Waals surface area contributed by atoms with E-state index in [9.17, 15) is 0 Å². The summed E-state index contributed by atoms with van der Waals surface area (Å²) in [5, 5.41) is 8.65. The number of aliphatic hydroxyl groups excluding tert-OH is 1. The fraction of sp³-hybridized carbons (Fsp3) is 0.263. The maximum Gasteiger partial charge on any atom is 0.119 e. The first kappa shape index (κ1) is 16.5. The first-order valence-corrected chi connectivity index (χ1v) is 8.35. The zero-order valence-corrected chi connectivity index (χ0v) is 13.2. The van der Waals surface area contributed by atoms with E-state index in [1.165, 1.54) is 5.56 Å². The van der Waals surface area contributed by atoms with Crippen LogP contribution in [0.4, 0.5) is 0 Å². The number of hydrogen-bond acceptors (Lipinski definition) is 3. The molecule has 0 spiro atoms. The highest BCUT2D eigenvalue weighted by Crippen LogP contribution is 2.15. The Morgan fingerprint density at radius 3 is 2.82 bits per heavy atom. The summed E-state index contributed by atoms with van der Waals surface area (Å²) in [5.41, 5.74) is 2.34. The summed E-state index contributed by atoms with van der Waals surface area (Å²) in [6.07, 6.45) is 0.635. The van der Waals surface area contributed by atoms with Gasteiger partial charge in [-0.3, -0.25) is 0 Å². The average molecular weight is 311 g/mol. The number of thioether (sulfide) groups is 1. The zero-order chi connectivity index (χ0) is 15.5. The van der Waals surface area contributed by atoms with Crippen molar-refractivity contribution in [3.05, 3.63) is 65.7 Å². The molecule has 2 rings (SSSR count). The Labute approximate surface area is 136 Å². The molecule has 1 radical (unpaired) electrons. The van der Waals surface area contributed by atoms with E-state index in [0.717, 1.165) is 22.8 Å². The Balaban J connectivity index is 1.69. The molecule has 0 aromatic heterocycles. The van der Waals surface area contributed by atoms with Crippen molar-refractivity contribution in [2.45, 2.75) is 12.2 Å². The van der Waals surface area contributed by atoms with Gasteiger partial charge >= 0.3 is 0 Å². The summed E-state index contributed by atoms with van der Waals surface area (Å²) >= 11 is 1.85. The first-order chi connectivity index (χ1) is 10.9. The van der Waals surface area contributed by atoms with E-state index in [0.29, 0.717) is 13.0 Å². The van der Waals surface area contributed by atoms with Gasteiger partial charge in [0.15, 0.2) is 0 Å². The molecule has 0 heterocycles. The third-order valence-electron chi connectivity index (χ3n) is 2.92. The van der Waals surface area contributed by atoms with E-state index in [-0.39, 0.29) is 6.61 Å². The summed E-state index contributed by atoms with van der Waals surface area (Å²) in [6.45, 7) is 0.624. The van der Waals surface area contributed by atoms with Gasteiger partial charge < -0.3 is 9.84 Å². The first-order valence-electron chi connectivity index (χ1n) is 7.20. The molecule has 0 aliphatic rings. The summed E-state index contributed by atoms with van der Waals surface area (Å²) < 4.78 is 5.66. The van der Waals surface area contributed by atoms with Crippen LogP contribution < -0.4 is 4.74 Å². The van der Waals surface area contributed by atoms with Crippen molar-refractivity contribution in [3.8, 4) is 17.6 Å². The van der Waals surface area contributed by atoms with Gasteiger partial charge in [-0.15, -0.1) is 0 Å². The Bertz CT molecular complexity index is 614. The highest BCUT2D eigenvalue weighted by molar-refractivity contribution is 7.98. The molecule has 0 saturated carbocycles. The van der Waals surface area contributed by atoms with Crippen molar-refractivity contribution in [1.29, 1.82) is 0 Å². The van der Waals surface area contributed by atoms with E-state index in [4.69, 9.17) is 9.84 Å². The lowest BCUT2D eigenvalue weighted by molar-refractivity contribution is 0.344. The van der Waals surface area contributed by atoms with Crippen LogP contribution >= 0.6 is 11.8 Å². The molecule has 0 aliphatic carbocycles. The van der Waals surface area contributed by atoms with E-state index in [2.05, 4.69) is 30.0 Å². The number of aliphatic hydroxyl groups is 1. The normalized spacial score (nSPS) is 9.86. The monoisotopic (exact) mass is 311 g/mol. The van der Waals surface area contributed by atoms with Crippen LogP contribution in [-0.4, -0.2) is 24.1 Å². The smallest absolute Gasteiger partial charge is 0.119 e. The van der Waals surface area contributed by atoms with Crippen LogP contribution in [0.15, 0.2) is 48.5 Å². The van der Waals surface area contributed by atoms with Gasteiger partial charge in [0.25, 0.3) is 0 Å². The molecule has 0 unspecified atom stereocenters. The minimum Gasteiger partial charge on any atom is -0.493 e. The highest BCUT2D eigenvalue weighted by atomic mass is 32.2. The van der Waals surface area contributed by atoms with E-state index in [1.807, 2.05) is 48.2 Å². The van der Waals surface area contributed by atoms with Crippen LogP contribution in [-0.2, 0) is 12.2 Å². The maximum absolute atomic E-state index is 8.65. The van der Waals surface area contributed by atoms with Crippen LogP contribution in [0.1, 0.15) is 11.1 Å². The minimum atomic E-state index is -0.0864. The molecule has 1 N–H and O–H groups in total. The van der Waals surface area contributed by atoms with E-state index in [1.54, 1.807) is 0 Å². The van der Waals surface area contributed by atoms with Crippen molar-refractivity contribution in [3.63, 3.8) is 0 Å². The van der Waals surface area contributed by atoms with Crippen LogP contribution in [0.5, 0.6) is 5.75 Å². The lowest BCUT2D eigenvalue weighted by Gasteiger charge is -2.06. The molecule has 0 atom stereocenters. The minimum absolute atomic E-state index is 0.0864. The third kappa shape index (κ3) is 6.26. The molecule has 0 fully saturated rings. The number of benzene rings is 2. The van der Waals surface area contributed by atoms with Gasteiger partial charge in [0.2, 0.25) is 0 Å². The molecule has 113 valence electrons. The maximum atomic E-state index is 8.65. The lowest BCUT2D eigenvalue weighted by atomic mass is 10.1. The quantitative estimate of drug-likeness (QED) is 0.628. The van der Waals surface area contributed by atoms with Gasteiger partial charge in [0, 0.05) is 17.9 Å². The Morgan fingerprint density at radius 1 is 1.14 bits per heavy atom. The molecule has 0 saturated heterocycles. The van der Waals surface area contributed by atoms with Crippen LogP contribution in [0.3, 0.4) is 0 Å². The second-order valence-corrected chi connectivity index (χ2v) is 5.73. The van der Waals surface area contributed by atoms with Crippen molar-refractivity contribution in [2.75, 3.05) is 19.0 Å². The Morgan fingerprint density at radius 2 is 2.00 bits per heavy atom. The average Bonchev–Trinajstić information content (AvgIpc) is 2.56. The van der Waals surface area contributed by atoms with Crippen LogP contribution in [0, 0.1) is 17.9 Å². The molecule has 0 bridgehead atoms. The van der Waals surface area contributed by atoms with E-state index < -0.39 is 0 Å².